The Bertz CT molecular complexity index is 2180. The number of rotatable bonds is 2. The van der Waals surface area contributed by atoms with Crippen molar-refractivity contribution in [1.29, 1.82) is 0 Å². The molecule has 242 valence electrons. The van der Waals surface area contributed by atoms with Crippen molar-refractivity contribution >= 4 is 47.9 Å². The first kappa shape index (κ1) is 30.5. The average molecular weight is 646 g/mol. The molecule has 0 radical (unpaired) electrons. The molecular formula is C38H36B2F4N4. The van der Waals surface area contributed by atoms with Crippen molar-refractivity contribution in [3.63, 3.8) is 0 Å². The Morgan fingerprint density at radius 2 is 0.771 bits per heavy atom. The third kappa shape index (κ3) is 4.24. The lowest BCUT2D eigenvalue weighted by Crippen LogP contribution is -2.66. The lowest BCUT2D eigenvalue weighted by Gasteiger charge is -2.35. The van der Waals surface area contributed by atoms with Crippen LogP contribution in [0.2, 0.25) is 0 Å². The van der Waals surface area contributed by atoms with Crippen molar-refractivity contribution < 1.29 is 26.5 Å². The summed E-state index contributed by atoms with van der Waals surface area (Å²) >= 11 is 0. The Balaban J connectivity index is 1.40. The maximum atomic E-state index is 17.2. The Morgan fingerprint density at radius 1 is 0.458 bits per heavy atom. The molecule has 2 aliphatic heterocycles. The number of fused-ring (bicyclic) bond motifs is 7. The molecule has 6 aromatic rings. The maximum absolute atomic E-state index is 17.2. The second kappa shape index (κ2) is 9.84. The van der Waals surface area contributed by atoms with E-state index in [2.05, 4.69) is 41.5 Å². The van der Waals surface area contributed by atoms with Crippen LogP contribution in [0.25, 0.3) is 44.1 Å². The Morgan fingerprint density at radius 3 is 1.08 bits per heavy atom. The SMILES string of the molecule is CC(C)(C)c1ccc(-c2c3ccccc3c3n2[B-](F)(F)[N+]2=Cc4c5ccccc5c(-c5ccc(C(C)(C)C)cc5)n4[B-](F)(F)[N+]2=C3)cc1. The van der Waals surface area contributed by atoms with Gasteiger partial charge in [0.05, 0.1) is 11.4 Å². The molecule has 0 saturated carbocycles. The zero-order chi connectivity index (χ0) is 34.0. The normalized spacial score (nSPS) is 16.7. The lowest BCUT2D eigenvalue weighted by molar-refractivity contribution is -1.01. The van der Waals surface area contributed by atoms with Gasteiger partial charge in [0.15, 0.2) is 12.4 Å². The van der Waals surface area contributed by atoms with Gasteiger partial charge < -0.3 is 26.2 Å². The molecule has 10 heteroatoms. The van der Waals surface area contributed by atoms with E-state index in [1.165, 1.54) is 12.4 Å². The summed E-state index contributed by atoms with van der Waals surface area (Å²) in [4.78, 5) is 0. The number of hydrogen-bond donors (Lipinski definition) is 0. The first-order chi connectivity index (χ1) is 22.6. The highest BCUT2D eigenvalue weighted by Crippen LogP contribution is 2.43. The fourth-order valence-electron chi connectivity index (χ4n) is 7.46. The summed E-state index contributed by atoms with van der Waals surface area (Å²) in [5.41, 5.74) is 3.79. The van der Waals surface area contributed by atoms with Crippen LogP contribution in [0.5, 0.6) is 0 Å². The third-order valence-electron chi connectivity index (χ3n) is 10.00. The monoisotopic (exact) mass is 646 g/mol. The molecule has 2 aliphatic rings. The summed E-state index contributed by atoms with van der Waals surface area (Å²) in [5, 5.41) is 2.13. The van der Waals surface area contributed by atoms with Crippen molar-refractivity contribution in [2.24, 2.45) is 0 Å². The standard InChI is InChI=1S/C38H36B2F4N4/c1-37(2,3)27-19-15-25(16-20-27)35-31-13-9-7-11-29(31)33-23-46-40(43,44)48-34(24-45(46)39(41,42)47(33)35)30-12-8-10-14-32(30)36(48)26-17-21-28(22-18-26)38(4,5)6/h7-24H,1-6H3. The van der Waals surface area contributed by atoms with E-state index in [-0.39, 0.29) is 22.2 Å². The zero-order valence-electron chi connectivity index (χ0n) is 27.8. The van der Waals surface area contributed by atoms with Crippen molar-refractivity contribution in [1.82, 2.24) is 8.96 Å². The smallest absolute Gasteiger partial charge is 0.386 e. The van der Waals surface area contributed by atoms with Crippen LogP contribution >= 0.6 is 0 Å². The molecule has 0 aliphatic carbocycles. The van der Waals surface area contributed by atoms with Gasteiger partial charge in [-0.2, -0.15) is 0 Å². The number of hydrazine groups is 1. The van der Waals surface area contributed by atoms with Crippen molar-refractivity contribution in [3.05, 3.63) is 120 Å². The summed E-state index contributed by atoms with van der Waals surface area (Å²) in [5.74, 6) is 0. The number of nitrogens with zero attached hydrogens (tertiary/aromatic N) is 4. The van der Waals surface area contributed by atoms with Crippen molar-refractivity contribution in [2.75, 3.05) is 0 Å². The van der Waals surface area contributed by atoms with E-state index in [0.717, 1.165) is 20.1 Å². The lowest BCUT2D eigenvalue weighted by atomic mass is 9.85. The molecule has 0 spiro atoms. The molecule has 0 unspecified atom stereocenters. The van der Waals surface area contributed by atoms with Crippen LogP contribution in [0.15, 0.2) is 97.1 Å². The molecule has 48 heavy (non-hydrogen) atoms. The number of hydrazone groups is 2. The number of hydrogen-bond acceptors (Lipinski definition) is 0. The van der Waals surface area contributed by atoms with E-state index < -0.39 is 13.9 Å². The first-order valence-electron chi connectivity index (χ1n) is 16.4. The molecule has 4 aromatic carbocycles. The molecule has 0 bridgehead atoms. The molecule has 0 saturated heterocycles. The third-order valence-corrected chi connectivity index (χ3v) is 10.00. The average Bonchev–Trinajstić information content (AvgIpc) is 3.56. The molecule has 2 aromatic heterocycles. The van der Waals surface area contributed by atoms with Crippen LogP contribution in [-0.2, 0) is 10.8 Å². The number of aromatic nitrogens is 2. The van der Waals surface area contributed by atoms with Crippen molar-refractivity contribution in [2.45, 2.75) is 52.4 Å². The molecule has 0 fully saturated rings. The summed E-state index contributed by atoms with van der Waals surface area (Å²) in [7, 11) is 0. The topological polar surface area (TPSA) is 15.9 Å². The largest absolute Gasteiger partial charge is 0.789 e. The van der Waals surface area contributed by atoms with E-state index >= 15 is 17.3 Å². The summed E-state index contributed by atoms with van der Waals surface area (Å²) < 4.78 is 71.8. The van der Waals surface area contributed by atoms with E-state index in [1.807, 2.05) is 48.5 Å². The maximum Gasteiger partial charge on any atom is 0.789 e. The zero-order valence-corrected chi connectivity index (χ0v) is 27.8. The second-order valence-electron chi connectivity index (χ2n) is 15.1. The number of benzene rings is 4. The molecule has 4 nitrogen and oxygen atoms in total. The first-order valence-corrected chi connectivity index (χ1v) is 16.4. The Labute approximate surface area is 277 Å². The van der Waals surface area contributed by atoms with E-state index in [9.17, 15) is 0 Å². The highest BCUT2D eigenvalue weighted by molar-refractivity contribution is 6.62. The van der Waals surface area contributed by atoms with Gasteiger partial charge in [-0.1, -0.05) is 139 Å². The summed E-state index contributed by atoms with van der Waals surface area (Å²) in [6, 6.07) is 29.3. The molecule has 0 atom stereocenters. The fourth-order valence-corrected chi connectivity index (χ4v) is 7.46. The van der Waals surface area contributed by atoms with Gasteiger partial charge in [-0.3, -0.25) is 0 Å². The minimum absolute atomic E-state index is 0.0490. The van der Waals surface area contributed by atoms with E-state index in [4.69, 9.17) is 0 Å². The van der Waals surface area contributed by atoms with Gasteiger partial charge in [-0.05, 0) is 33.1 Å². The van der Waals surface area contributed by atoms with Crippen LogP contribution in [0, 0.1) is 0 Å². The van der Waals surface area contributed by atoms with E-state index in [0.29, 0.717) is 53.3 Å². The predicted molar refractivity (Wildman–Crippen MR) is 190 cm³/mol. The van der Waals surface area contributed by atoms with Crippen LogP contribution in [0.4, 0.5) is 17.3 Å². The predicted octanol–water partition coefficient (Wildman–Crippen LogP) is 9.48. The Hall–Kier alpha value is -4.85. The quantitative estimate of drug-likeness (QED) is 0.132. The summed E-state index contributed by atoms with van der Waals surface area (Å²) in [6.07, 6.45) is 2.40. The molecule has 4 heterocycles. The minimum Gasteiger partial charge on any atom is -0.386 e. The van der Waals surface area contributed by atoms with Crippen LogP contribution in [-0.4, -0.2) is 44.5 Å². The molecular weight excluding hydrogens is 610 g/mol. The number of halogens is 4. The van der Waals surface area contributed by atoms with Crippen LogP contribution in [0.1, 0.15) is 64.1 Å². The van der Waals surface area contributed by atoms with Gasteiger partial charge in [0, 0.05) is 32.9 Å². The van der Waals surface area contributed by atoms with Gasteiger partial charge in [-0.15, -0.1) is 9.19 Å². The summed E-state index contributed by atoms with van der Waals surface area (Å²) in [6.45, 7) is 3.02. The van der Waals surface area contributed by atoms with Gasteiger partial charge in [0.1, 0.15) is 0 Å². The van der Waals surface area contributed by atoms with Gasteiger partial charge in [-0.25, -0.2) is 0 Å². The molecule has 8 rings (SSSR count). The highest BCUT2D eigenvalue weighted by atomic mass is 19.3. The van der Waals surface area contributed by atoms with Gasteiger partial charge >= 0.3 is 13.9 Å². The Kier molecular flexibility index (Phi) is 6.25. The molecule has 0 amide bonds. The van der Waals surface area contributed by atoms with Crippen LogP contribution < -0.4 is 0 Å². The van der Waals surface area contributed by atoms with Gasteiger partial charge in [0.25, 0.3) is 0 Å². The van der Waals surface area contributed by atoms with Crippen molar-refractivity contribution in [3.8, 4) is 22.5 Å². The molecule has 0 N–H and O–H groups in total. The van der Waals surface area contributed by atoms with Gasteiger partial charge in [0.2, 0.25) is 0 Å². The fraction of sp³-hybridized carbons (Fsp3) is 0.211. The minimum atomic E-state index is -4.77. The highest BCUT2D eigenvalue weighted by Gasteiger charge is 2.65. The van der Waals surface area contributed by atoms with E-state index in [1.54, 1.807) is 48.5 Å². The van der Waals surface area contributed by atoms with Crippen LogP contribution in [0.3, 0.4) is 0 Å². The second-order valence-corrected chi connectivity index (χ2v) is 15.1.